The van der Waals surface area contributed by atoms with E-state index in [1.165, 1.54) is 6.20 Å². The zero-order chi connectivity index (χ0) is 8.53. The van der Waals surface area contributed by atoms with Crippen LogP contribution in [0.25, 0.3) is 0 Å². The summed E-state index contributed by atoms with van der Waals surface area (Å²) in [5, 5.41) is 0. The van der Waals surface area contributed by atoms with Crippen molar-refractivity contribution in [2.45, 2.75) is 13.8 Å². The lowest BCUT2D eigenvalue weighted by Crippen LogP contribution is -1.84. The number of allylic oxidation sites excluding steroid dienone is 1. The van der Waals surface area contributed by atoms with Crippen LogP contribution < -0.4 is 0 Å². The van der Waals surface area contributed by atoms with E-state index in [0.717, 1.165) is 0 Å². The highest BCUT2D eigenvalue weighted by molar-refractivity contribution is 5.72. The second-order valence-electron chi connectivity index (χ2n) is 2.36. The van der Waals surface area contributed by atoms with Crippen molar-refractivity contribution in [2.24, 2.45) is 15.9 Å². The van der Waals surface area contributed by atoms with Crippen LogP contribution in [-0.4, -0.2) is 12.4 Å². The standard InChI is InChI=1S/C9H14N2/c1-4-10-6-5-7-11-8-9(2)3/h4-9H,1H2,2-3H3/b7-5-,10-6?,11-8?. The van der Waals surface area contributed by atoms with Gasteiger partial charge in [0.1, 0.15) is 0 Å². The van der Waals surface area contributed by atoms with Gasteiger partial charge in [0.15, 0.2) is 0 Å². The molecule has 2 heteroatoms. The monoisotopic (exact) mass is 150 g/mol. The minimum atomic E-state index is 0.496. The fourth-order valence-electron chi connectivity index (χ4n) is 0.421. The van der Waals surface area contributed by atoms with Gasteiger partial charge in [-0.1, -0.05) is 20.4 Å². The van der Waals surface area contributed by atoms with E-state index in [2.05, 4.69) is 30.4 Å². The van der Waals surface area contributed by atoms with Crippen LogP contribution in [0, 0.1) is 5.92 Å². The molecule has 0 bridgehead atoms. The smallest absolute Gasteiger partial charge is 0.0282 e. The molecule has 0 rings (SSSR count). The topological polar surface area (TPSA) is 24.7 Å². The summed E-state index contributed by atoms with van der Waals surface area (Å²) in [6, 6.07) is 0. The molecule has 0 aromatic carbocycles. The maximum Gasteiger partial charge on any atom is 0.0282 e. The van der Waals surface area contributed by atoms with E-state index >= 15 is 0 Å². The minimum absolute atomic E-state index is 0.496. The Hall–Kier alpha value is -1.18. The first-order valence-electron chi connectivity index (χ1n) is 3.60. The Balaban J connectivity index is 3.59. The molecule has 0 spiro atoms. The maximum atomic E-state index is 4.01. The quantitative estimate of drug-likeness (QED) is 0.550. The summed E-state index contributed by atoms with van der Waals surface area (Å²) in [5.41, 5.74) is 0. The molecular weight excluding hydrogens is 136 g/mol. The Morgan fingerprint density at radius 2 is 2.00 bits per heavy atom. The van der Waals surface area contributed by atoms with Crippen LogP contribution in [0.3, 0.4) is 0 Å². The van der Waals surface area contributed by atoms with Crippen LogP contribution in [0.4, 0.5) is 0 Å². The van der Waals surface area contributed by atoms with Crippen LogP contribution >= 0.6 is 0 Å². The van der Waals surface area contributed by atoms with Crippen molar-refractivity contribution in [1.29, 1.82) is 0 Å². The van der Waals surface area contributed by atoms with E-state index in [1.54, 1.807) is 18.5 Å². The van der Waals surface area contributed by atoms with Gasteiger partial charge < -0.3 is 0 Å². The normalized spacial score (nSPS) is 12.6. The molecule has 0 aliphatic carbocycles. The summed E-state index contributed by atoms with van der Waals surface area (Å²) in [5.74, 6) is 0.496. The molecule has 0 amide bonds. The highest BCUT2D eigenvalue weighted by atomic mass is 14.7. The number of rotatable bonds is 4. The lowest BCUT2D eigenvalue weighted by atomic mass is 10.3. The third kappa shape index (κ3) is 8.82. The van der Waals surface area contributed by atoms with Gasteiger partial charge in [-0.15, -0.1) is 0 Å². The Kier molecular flexibility index (Phi) is 6.19. The molecule has 0 aliphatic heterocycles. The summed E-state index contributed by atoms with van der Waals surface area (Å²) < 4.78 is 0. The van der Waals surface area contributed by atoms with Crippen LogP contribution in [0.5, 0.6) is 0 Å². The van der Waals surface area contributed by atoms with Crippen molar-refractivity contribution in [3.8, 4) is 0 Å². The molecule has 0 saturated carbocycles. The summed E-state index contributed by atoms with van der Waals surface area (Å²) in [4.78, 5) is 7.78. The lowest BCUT2D eigenvalue weighted by molar-refractivity contribution is 0.907. The molecule has 0 aliphatic rings. The fourth-order valence-corrected chi connectivity index (χ4v) is 0.421. The van der Waals surface area contributed by atoms with E-state index in [0.29, 0.717) is 5.92 Å². The Morgan fingerprint density at radius 3 is 2.55 bits per heavy atom. The van der Waals surface area contributed by atoms with Gasteiger partial charge in [-0.25, -0.2) is 0 Å². The largest absolute Gasteiger partial charge is 0.269 e. The highest BCUT2D eigenvalue weighted by Gasteiger charge is 1.79. The molecule has 60 valence electrons. The maximum absolute atomic E-state index is 4.01. The average Bonchev–Trinajstić information content (AvgIpc) is 1.96. The average molecular weight is 150 g/mol. The molecule has 0 aromatic rings. The van der Waals surface area contributed by atoms with Gasteiger partial charge in [0.25, 0.3) is 0 Å². The number of hydrogen-bond donors (Lipinski definition) is 0. The first-order chi connectivity index (χ1) is 5.27. The molecular formula is C9H14N2. The molecule has 0 saturated heterocycles. The zero-order valence-electron chi connectivity index (χ0n) is 7.07. The molecule has 2 nitrogen and oxygen atoms in total. The third-order valence-corrected chi connectivity index (χ3v) is 0.834. The first-order valence-corrected chi connectivity index (χ1v) is 3.60. The summed E-state index contributed by atoms with van der Waals surface area (Å²) in [7, 11) is 0. The summed E-state index contributed by atoms with van der Waals surface area (Å²) in [6.07, 6.45) is 8.47. The zero-order valence-corrected chi connectivity index (χ0v) is 7.07. The number of nitrogens with zero attached hydrogens (tertiary/aromatic N) is 2. The Labute approximate surface area is 68.1 Å². The summed E-state index contributed by atoms with van der Waals surface area (Å²) in [6.45, 7) is 7.59. The van der Waals surface area contributed by atoms with Crippen molar-refractivity contribution in [3.63, 3.8) is 0 Å². The minimum Gasteiger partial charge on any atom is -0.269 e. The van der Waals surface area contributed by atoms with E-state index in [4.69, 9.17) is 0 Å². The van der Waals surface area contributed by atoms with Crippen molar-refractivity contribution in [3.05, 3.63) is 25.1 Å². The molecule has 0 atom stereocenters. The van der Waals surface area contributed by atoms with Crippen LogP contribution in [0.1, 0.15) is 13.8 Å². The molecule has 0 radical (unpaired) electrons. The molecule has 0 fully saturated rings. The second kappa shape index (κ2) is 6.93. The van der Waals surface area contributed by atoms with Crippen molar-refractivity contribution in [1.82, 2.24) is 0 Å². The molecule has 0 N–H and O–H groups in total. The van der Waals surface area contributed by atoms with Crippen molar-refractivity contribution in [2.75, 3.05) is 0 Å². The summed E-state index contributed by atoms with van der Waals surface area (Å²) >= 11 is 0. The van der Waals surface area contributed by atoms with Gasteiger partial charge >= 0.3 is 0 Å². The second-order valence-corrected chi connectivity index (χ2v) is 2.36. The molecule has 0 heterocycles. The van der Waals surface area contributed by atoms with E-state index in [1.807, 2.05) is 6.21 Å². The molecule has 0 aromatic heterocycles. The Morgan fingerprint density at radius 1 is 1.27 bits per heavy atom. The van der Waals surface area contributed by atoms with E-state index < -0.39 is 0 Å². The van der Waals surface area contributed by atoms with Crippen molar-refractivity contribution < 1.29 is 0 Å². The van der Waals surface area contributed by atoms with Gasteiger partial charge in [-0.3, -0.25) is 9.98 Å². The van der Waals surface area contributed by atoms with Gasteiger partial charge in [-0.05, 0) is 12.0 Å². The predicted molar refractivity (Wildman–Crippen MR) is 51.2 cm³/mol. The van der Waals surface area contributed by atoms with Crippen LogP contribution in [0.2, 0.25) is 0 Å². The number of hydrogen-bond acceptors (Lipinski definition) is 2. The van der Waals surface area contributed by atoms with E-state index in [-0.39, 0.29) is 0 Å². The lowest BCUT2D eigenvalue weighted by Gasteiger charge is -1.87. The van der Waals surface area contributed by atoms with E-state index in [9.17, 15) is 0 Å². The van der Waals surface area contributed by atoms with Gasteiger partial charge in [0.05, 0.1) is 0 Å². The van der Waals surface area contributed by atoms with Gasteiger partial charge in [-0.2, -0.15) is 0 Å². The van der Waals surface area contributed by atoms with Crippen LogP contribution in [0.15, 0.2) is 35.0 Å². The highest BCUT2D eigenvalue weighted by Crippen LogP contribution is 1.84. The first kappa shape index (κ1) is 9.82. The Bertz CT molecular complexity index is 176. The molecule has 11 heavy (non-hydrogen) atoms. The van der Waals surface area contributed by atoms with Gasteiger partial charge in [0, 0.05) is 24.8 Å². The fraction of sp³-hybridized carbons (Fsp3) is 0.333. The SMILES string of the molecule is C=CN=C/C=C\N=CC(C)C. The van der Waals surface area contributed by atoms with Gasteiger partial charge in [0.2, 0.25) is 0 Å². The predicted octanol–water partition coefficient (Wildman–Crippen LogP) is 2.44. The number of aliphatic imine (C=N–C) groups is 2. The third-order valence-electron chi connectivity index (χ3n) is 0.834. The van der Waals surface area contributed by atoms with Crippen LogP contribution in [-0.2, 0) is 0 Å². The molecule has 0 unspecified atom stereocenters. The van der Waals surface area contributed by atoms with Crippen molar-refractivity contribution >= 4 is 12.4 Å².